The molecule has 1 aromatic carbocycles. The Morgan fingerprint density at radius 2 is 1.71 bits per heavy atom. The fourth-order valence-corrected chi connectivity index (χ4v) is 1.05. The molecule has 14 heavy (non-hydrogen) atoms. The molecule has 0 amide bonds. The number of hydrogen-bond acceptors (Lipinski definition) is 0. The summed E-state index contributed by atoms with van der Waals surface area (Å²) in [5.41, 5.74) is 0.0687. The summed E-state index contributed by atoms with van der Waals surface area (Å²) in [4.78, 5) is 0. The number of hydrogen-bond donors (Lipinski definition) is 0. The molecule has 0 heterocycles. The Labute approximate surface area is 85.0 Å². The van der Waals surface area contributed by atoms with Gasteiger partial charge in [0, 0.05) is 5.88 Å². The quantitative estimate of drug-likeness (QED) is 0.662. The first kappa shape index (κ1) is 11.1. The van der Waals surface area contributed by atoms with E-state index < -0.39 is 11.7 Å². The van der Waals surface area contributed by atoms with Crippen LogP contribution in [0.25, 0.3) is 6.08 Å². The molecule has 0 fully saturated rings. The zero-order chi connectivity index (χ0) is 10.6. The maximum Gasteiger partial charge on any atom is 0.416 e. The summed E-state index contributed by atoms with van der Waals surface area (Å²) in [6.45, 7) is 0. The van der Waals surface area contributed by atoms with Crippen LogP contribution in [0, 0.1) is 0 Å². The van der Waals surface area contributed by atoms with Crippen molar-refractivity contribution in [3.63, 3.8) is 0 Å². The SMILES string of the molecule is FC(F)(F)c1ccc(/C=C/CCl)cc1. The molecule has 1 rings (SSSR count). The van der Waals surface area contributed by atoms with E-state index in [1.807, 2.05) is 0 Å². The second-order valence-electron chi connectivity index (χ2n) is 2.68. The van der Waals surface area contributed by atoms with Crippen molar-refractivity contribution >= 4 is 17.7 Å². The van der Waals surface area contributed by atoms with Crippen LogP contribution in [-0.2, 0) is 6.18 Å². The van der Waals surface area contributed by atoms with Gasteiger partial charge in [-0.2, -0.15) is 13.2 Å². The molecule has 0 aliphatic carbocycles. The van der Waals surface area contributed by atoms with E-state index in [1.54, 1.807) is 12.2 Å². The van der Waals surface area contributed by atoms with Crippen LogP contribution in [0.3, 0.4) is 0 Å². The lowest BCUT2D eigenvalue weighted by Gasteiger charge is -2.05. The van der Waals surface area contributed by atoms with Crippen molar-refractivity contribution in [3.8, 4) is 0 Å². The second kappa shape index (κ2) is 4.51. The van der Waals surface area contributed by atoms with E-state index in [4.69, 9.17) is 11.6 Å². The molecular formula is C10H8ClF3. The Hall–Kier alpha value is -0.960. The number of alkyl halides is 4. The average Bonchev–Trinajstić information content (AvgIpc) is 2.14. The lowest BCUT2D eigenvalue weighted by atomic mass is 10.1. The van der Waals surface area contributed by atoms with Crippen molar-refractivity contribution in [2.75, 3.05) is 5.88 Å². The fourth-order valence-electron chi connectivity index (χ4n) is 0.964. The van der Waals surface area contributed by atoms with Crippen molar-refractivity contribution in [2.24, 2.45) is 0 Å². The largest absolute Gasteiger partial charge is 0.416 e. The first-order valence-electron chi connectivity index (χ1n) is 3.94. The normalized spacial score (nSPS) is 12.3. The number of rotatable bonds is 2. The van der Waals surface area contributed by atoms with Crippen LogP contribution >= 0.6 is 11.6 Å². The van der Waals surface area contributed by atoms with Crippen LogP contribution < -0.4 is 0 Å². The molecule has 0 aliphatic rings. The third-order valence-electron chi connectivity index (χ3n) is 1.64. The first-order valence-corrected chi connectivity index (χ1v) is 4.47. The third kappa shape index (κ3) is 3.07. The zero-order valence-electron chi connectivity index (χ0n) is 7.18. The van der Waals surface area contributed by atoms with Crippen molar-refractivity contribution in [1.82, 2.24) is 0 Å². The van der Waals surface area contributed by atoms with Gasteiger partial charge in [-0.15, -0.1) is 11.6 Å². The fraction of sp³-hybridized carbons (Fsp3) is 0.200. The van der Waals surface area contributed by atoms with Gasteiger partial charge < -0.3 is 0 Å². The predicted molar refractivity (Wildman–Crippen MR) is 51.2 cm³/mol. The van der Waals surface area contributed by atoms with Gasteiger partial charge in [-0.25, -0.2) is 0 Å². The minimum Gasteiger partial charge on any atom is -0.166 e. The van der Waals surface area contributed by atoms with Gasteiger partial charge in [0.1, 0.15) is 0 Å². The lowest BCUT2D eigenvalue weighted by molar-refractivity contribution is -0.137. The molecule has 0 bridgehead atoms. The molecule has 1 aromatic rings. The average molecular weight is 221 g/mol. The highest BCUT2D eigenvalue weighted by atomic mass is 35.5. The predicted octanol–water partition coefficient (Wildman–Crippen LogP) is 3.96. The summed E-state index contributed by atoms with van der Waals surface area (Å²) >= 11 is 5.39. The summed E-state index contributed by atoms with van der Waals surface area (Å²) in [6.07, 6.45) is -0.925. The van der Waals surface area contributed by atoms with E-state index in [1.165, 1.54) is 12.1 Å². The highest BCUT2D eigenvalue weighted by Crippen LogP contribution is 2.29. The molecule has 0 saturated carbocycles. The van der Waals surface area contributed by atoms with Crippen molar-refractivity contribution < 1.29 is 13.2 Å². The van der Waals surface area contributed by atoms with Gasteiger partial charge in [-0.05, 0) is 17.7 Å². The van der Waals surface area contributed by atoms with E-state index in [0.717, 1.165) is 12.1 Å². The molecule has 0 aliphatic heterocycles. The Balaban J connectivity index is 2.84. The van der Waals surface area contributed by atoms with Gasteiger partial charge in [0.2, 0.25) is 0 Å². The minimum atomic E-state index is -4.27. The van der Waals surface area contributed by atoms with Crippen LogP contribution in [0.1, 0.15) is 11.1 Å². The van der Waals surface area contributed by atoms with Crippen LogP contribution in [0.2, 0.25) is 0 Å². The molecule has 0 saturated heterocycles. The van der Waals surface area contributed by atoms with Crippen molar-refractivity contribution in [2.45, 2.75) is 6.18 Å². The molecule has 76 valence electrons. The molecule has 0 radical (unpaired) electrons. The van der Waals surface area contributed by atoms with Crippen molar-refractivity contribution in [1.29, 1.82) is 0 Å². The van der Waals surface area contributed by atoms with Gasteiger partial charge in [-0.3, -0.25) is 0 Å². The highest BCUT2D eigenvalue weighted by molar-refractivity contribution is 6.19. The summed E-state index contributed by atoms with van der Waals surface area (Å²) in [5, 5.41) is 0. The smallest absolute Gasteiger partial charge is 0.166 e. The molecule has 0 atom stereocenters. The second-order valence-corrected chi connectivity index (χ2v) is 2.99. The van der Waals surface area contributed by atoms with Gasteiger partial charge >= 0.3 is 6.18 Å². The topological polar surface area (TPSA) is 0 Å². The van der Waals surface area contributed by atoms with Gasteiger partial charge in [-0.1, -0.05) is 24.3 Å². The zero-order valence-corrected chi connectivity index (χ0v) is 7.94. The molecular weight excluding hydrogens is 213 g/mol. The Morgan fingerprint density at radius 3 is 2.14 bits per heavy atom. The number of benzene rings is 1. The van der Waals surface area contributed by atoms with Crippen molar-refractivity contribution in [3.05, 3.63) is 41.5 Å². The maximum absolute atomic E-state index is 12.1. The van der Waals surface area contributed by atoms with E-state index in [0.29, 0.717) is 11.4 Å². The number of allylic oxidation sites excluding steroid dienone is 1. The summed E-state index contributed by atoms with van der Waals surface area (Å²) in [5.74, 6) is 0.348. The molecule has 0 nitrogen and oxygen atoms in total. The maximum atomic E-state index is 12.1. The molecule has 4 heteroatoms. The van der Waals surface area contributed by atoms with Gasteiger partial charge in [0.05, 0.1) is 5.56 Å². The van der Waals surface area contributed by atoms with Crippen LogP contribution in [0.5, 0.6) is 0 Å². The molecule has 0 N–H and O–H groups in total. The summed E-state index contributed by atoms with van der Waals surface area (Å²) in [7, 11) is 0. The van der Waals surface area contributed by atoms with Crippen LogP contribution in [0.4, 0.5) is 13.2 Å². The van der Waals surface area contributed by atoms with Crippen LogP contribution in [-0.4, -0.2) is 5.88 Å². The molecule has 0 unspecified atom stereocenters. The van der Waals surface area contributed by atoms with Gasteiger partial charge in [0.15, 0.2) is 0 Å². The van der Waals surface area contributed by atoms with E-state index in [9.17, 15) is 13.2 Å². The minimum absolute atomic E-state index is 0.348. The van der Waals surface area contributed by atoms with E-state index in [-0.39, 0.29) is 0 Å². The Bertz CT molecular complexity index is 311. The molecule has 0 spiro atoms. The van der Waals surface area contributed by atoms with E-state index in [2.05, 4.69) is 0 Å². The van der Waals surface area contributed by atoms with E-state index >= 15 is 0 Å². The summed E-state index contributed by atoms with van der Waals surface area (Å²) < 4.78 is 36.4. The highest BCUT2D eigenvalue weighted by Gasteiger charge is 2.29. The third-order valence-corrected chi connectivity index (χ3v) is 1.82. The Morgan fingerprint density at radius 1 is 1.14 bits per heavy atom. The standard InChI is InChI=1S/C10H8ClF3/c11-7-1-2-8-3-5-9(6-4-8)10(12,13)14/h1-6H,7H2/b2-1+. The Kier molecular flexibility index (Phi) is 3.58. The summed E-state index contributed by atoms with van der Waals surface area (Å²) in [6, 6.07) is 4.92. The monoisotopic (exact) mass is 220 g/mol. The van der Waals surface area contributed by atoms with Crippen LogP contribution in [0.15, 0.2) is 30.3 Å². The molecule has 0 aromatic heterocycles. The number of halogens is 4. The first-order chi connectivity index (χ1) is 6.54. The van der Waals surface area contributed by atoms with Gasteiger partial charge in [0.25, 0.3) is 0 Å². The lowest BCUT2D eigenvalue weighted by Crippen LogP contribution is -2.03.